The number of methoxy groups -OCH3 is 3. The number of nitrogens with zero attached hydrogens (tertiary/aromatic N) is 3. The fourth-order valence-corrected chi connectivity index (χ4v) is 2.63. The smallest absolute Gasteiger partial charge is 0.249 e. The molecule has 0 radical (unpaired) electrons. The number of ether oxygens (including phenoxy) is 3. The number of aryl methyl sites for hydroxylation is 1. The molecule has 8 nitrogen and oxygen atoms in total. The summed E-state index contributed by atoms with van der Waals surface area (Å²) >= 11 is 6.16. The van der Waals surface area contributed by atoms with Gasteiger partial charge in [-0.05, 0) is 19.1 Å². The topological polar surface area (TPSA) is 90.4 Å². The van der Waals surface area contributed by atoms with Crippen LogP contribution in [0.1, 0.15) is 5.56 Å². The number of hydrogen-bond donors (Lipinski definition) is 2. The Kier molecular flexibility index (Phi) is 6.00. The second kappa shape index (κ2) is 8.62. The first kappa shape index (κ1) is 19.5. The molecular weight excluding hydrogens is 382 g/mol. The van der Waals surface area contributed by atoms with E-state index in [9.17, 15) is 0 Å². The average Bonchev–Trinajstić information content (AvgIpc) is 2.71. The molecule has 1 heterocycles. The lowest BCUT2D eigenvalue weighted by Crippen LogP contribution is -2.04. The summed E-state index contributed by atoms with van der Waals surface area (Å²) in [6, 6.07) is 11.3. The van der Waals surface area contributed by atoms with Gasteiger partial charge in [-0.25, -0.2) is 0 Å². The molecule has 3 aromatic rings. The van der Waals surface area contributed by atoms with Gasteiger partial charge in [0, 0.05) is 23.5 Å². The molecule has 0 spiro atoms. The molecule has 0 fully saturated rings. The minimum absolute atomic E-state index is 0.128. The predicted octanol–water partition coefficient (Wildman–Crippen LogP) is 4.35. The quantitative estimate of drug-likeness (QED) is 0.604. The van der Waals surface area contributed by atoms with Crippen molar-refractivity contribution in [3.05, 3.63) is 47.1 Å². The molecule has 0 amide bonds. The molecule has 0 atom stereocenters. The summed E-state index contributed by atoms with van der Waals surface area (Å²) in [4.78, 5) is 4.40. The van der Waals surface area contributed by atoms with Crippen LogP contribution in [0.5, 0.6) is 17.2 Å². The van der Waals surface area contributed by atoms with Gasteiger partial charge in [-0.2, -0.15) is 4.98 Å². The lowest BCUT2D eigenvalue weighted by molar-refractivity contribution is 0.324. The number of benzene rings is 2. The second-order valence-corrected chi connectivity index (χ2v) is 6.16. The van der Waals surface area contributed by atoms with Gasteiger partial charge in [0.05, 0.1) is 21.3 Å². The fourth-order valence-electron chi connectivity index (χ4n) is 2.50. The zero-order chi connectivity index (χ0) is 20.1. The number of halogens is 1. The highest BCUT2D eigenvalue weighted by Crippen LogP contribution is 2.40. The molecule has 0 unspecified atom stereocenters. The van der Waals surface area contributed by atoms with Crippen molar-refractivity contribution in [2.45, 2.75) is 6.92 Å². The first-order valence-corrected chi connectivity index (χ1v) is 8.72. The van der Waals surface area contributed by atoms with Gasteiger partial charge in [0.15, 0.2) is 22.5 Å². The third kappa shape index (κ3) is 4.34. The Morgan fingerprint density at radius 1 is 0.821 bits per heavy atom. The van der Waals surface area contributed by atoms with Crippen molar-refractivity contribution in [3.63, 3.8) is 0 Å². The third-order valence-electron chi connectivity index (χ3n) is 3.88. The van der Waals surface area contributed by atoms with E-state index < -0.39 is 0 Å². The van der Waals surface area contributed by atoms with E-state index in [1.807, 2.05) is 31.2 Å². The van der Waals surface area contributed by atoms with Gasteiger partial charge in [0.25, 0.3) is 0 Å². The molecule has 0 saturated heterocycles. The molecule has 0 bridgehead atoms. The van der Waals surface area contributed by atoms with Crippen LogP contribution in [0.15, 0.2) is 36.4 Å². The van der Waals surface area contributed by atoms with Crippen LogP contribution in [-0.2, 0) is 0 Å². The molecule has 0 aliphatic rings. The van der Waals surface area contributed by atoms with Crippen LogP contribution in [0.3, 0.4) is 0 Å². The van der Waals surface area contributed by atoms with Crippen molar-refractivity contribution >= 4 is 34.7 Å². The Hall–Kier alpha value is -3.26. The van der Waals surface area contributed by atoms with Gasteiger partial charge in [-0.3, -0.25) is 0 Å². The van der Waals surface area contributed by atoms with Crippen molar-refractivity contribution in [1.29, 1.82) is 0 Å². The molecule has 2 aromatic carbocycles. The van der Waals surface area contributed by atoms with E-state index in [0.29, 0.717) is 34.7 Å². The van der Waals surface area contributed by atoms with Crippen LogP contribution >= 0.6 is 11.6 Å². The molecule has 0 aliphatic carbocycles. The molecule has 1 aromatic heterocycles. The number of aromatic nitrogens is 3. The largest absolute Gasteiger partial charge is 0.493 e. The Balaban J connectivity index is 1.88. The van der Waals surface area contributed by atoms with Crippen molar-refractivity contribution < 1.29 is 14.2 Å². The van der Waals surface area contributed by atoms with E-state index in [1.54, 1.807) is 33.5 Å². The van der Waals surface area contributed by atoms with Gasteiger partial charge in [-0.1, -0.05) is 29.3 Å². The summed E-state index contributed by atoms with van der Waals surface area (Å²) in [6.45, 7) is 2.02. The molecule has 2 N–H and O–H groups in total. The minimum atomic E-state index is 0.128. The standard InChI is InChI=1S/C19H20ClN5O3/c1-11-5-7-12(8-6-11)22-19-23-18(17(20)24-25-19)21-13-9-14(26-2)16(28-4)15(10-13)27-3/h5-10H,1-4H3,(H2,21,22,23,25). The second-order valence-electron chi connectivity index (χ2n) is 5.80. The van der Waals surface area contributed by atoms with Gasteiger partial charge in [0.1, 0.15) is 0 Å². The van der Waals surface area contributed by atoms with Crippen LogP contribution < -0.4 is 24.8 Å². The minimum Gasteiger partial charge on any atom is -0.493 e. The van der Waals surface area contributed by atoms with Crippen LogP contribution in [0.4, 0.5) is 23.1 Å². The van der Waals surface area contributed by atoms with E-state index in [1.165, 1.54) is 0 Å². The van der Waals surface area contributed by atoms with Crippen molar-refractivity contribution in [3.8, 4) is 17.2 Å². The van der Waals surface area contributed by atoms with Crippen LogP contribution in [0.25, 0.3) is 0 Å². The molecule has 0 aliphatic heterocycles. The van der Waals surface area contributed by atoms with Crippen LogP contribution in [0.2, 0.25) is 5.15 Å². The fraction of sp³-hybridized carbons (Fsp3) is 0.211. The average molecular weight is 402 g/mol. The summed E-state index contributed by atoms with van der Waals surface area (Å²) in [5, 5.41) is 14.3. The number of anilines is 4. The number of nitrogens with one attached hydrogen (secondary N) is 2. The van der Waals surface area contributed by atoms with E-state index in [-0.39, 0.29) is 5.15 Å². The highest BCUT2D eigenvalue weighted by molar-refractivity contribution is 6.31. The zero-order valence-electron chi connectivity index (χ0n) is 15.9. The van der Waals surface area contributed by atoms with E-state index in [0.717, 1.165) is 11.3 Å². The molecule has 0 saturated carbocycles. The van der Waals surface area contributed by atoms with Crippen molar-refractivity contribution in [2.75, 3.05) is 32.0 Å². The summed E-state index contributed by atoms with van der Waals surface area (Å²) in [6.07, 6.45) is 0. The highest BCUT2D eigenvalue weighted by atomic mass is 35.5. The Labute approximate surface area is 167 Å². The van der Waals surface area contributed by atoms with E-state index in [4.69, 9.17) is 25.8 Å². The predicted molar refractivity (Wildman–Crippen MR) is 109 cm³/mol. The zero-order valence-corrected chi connectivity index (χ0v) is 16.7. The number of hydrogen-bond acceptors (Lipinski definition) is 8. The monoisotopic (exact) mass is 401 g/mol. The van der Waals surface area contributed by atoms with Crippen LogP contribution in [-0.4, -0.2) is 36.5 Å². The summed E-state index contributed by atoms with van der Waals surface area (Å²) < 4.78 is 16.1. The molecule has 28 heavy (non-hydrogen) atoms. The van der Waals surface area contributed by atoms with Gasteiger partial charge in [-0.15, -0.1) is 10.2 Å². The van der Waals surface area contributed by atoms with Crippen LogP contribution in [0, 0.1) is 6.92 Å². The van der Waals surface area contributed by atoms with Gasteiger partial charge < -0.3 is 24.8 Å². The van der Waals surface area contributed by atoms with Gasteiger partial charge in [0.2, 0.25) is 11.7 Å². The normalized spacial score (nSPS) is 10.3. The van der Waals surface area contributed by atoms with E-state index in [2.05, 4.69) is 25.8 Å². The molecular formula is C19H20ClN5O3. The Morgan fingerprint density at radius 2 is 1.46 bits per heavy atom. The molecule has 9 heteroatoms. The Morgan fingerprint density at radius 3 is 2.04 bits per heavy atom. The van der Waals surface area contributed by atoms with Crippen molar-refractivity contribution in [2.24, 2.45) is 0 Å². The summed E-state index contributed by atoms with van der Waals surface area (Å²) in [5.74, 6) is 2.13. The highest BCUT2D eigenvalue weighted by Gasteiger charge is 2.15. The first-order chi connectivity index (χ1) is 13.5. The van der Waals surface area contributed by atoms with Crippen molar-refractivity contribution in [1.82, 2.24) is 15.2 Å². The molecule has 146 valence electrons. The third-order valence-corrected chi connectivity index (χ3v) is 4.14. The summed E-state index contributed by atoms with van der Waals surface area (Å²) in [7, 11) is 4.63. The lowest BCUT2D eigenvalue weighted by Gasteiger charge is -2.15. The first-order valence-electron chi connectivity index (χ1n) is 8.35. The number of rotatable bonds is 7. The summed E-state index contributed by atoms with van der Waals surface area (Å²) in [5.41, 5.74) is 2.64. The maximum atomic E-state index is 6.16. The Bertz CT molecular complexity index is 941. The lowest BCUT2D eigenvalue weighted by atomic mass is 10.2. The maximum Gasteiger partial charge on any atom is 0.249 e. The maximum absolute atomic E-state index is 6.16. The van der Waals surface area contributed by atoms with E-state index >= 15 is 0 Å². The van der Waals surface area contributed by atoms with Gasteiger partial charge >= 0.3 is 0 Å². The molecule has 3 rings (SSSR count). The SMILES string of the molecule is COc1cc(Nc2nc(Nc3ccc(C)cc3)nnc2Cl)cc(OC)c1OC.